The molecular weight excluding hydrogens is 344 g/mol. The van der Waals surface area contributed by atoms with Crippen LogP contribution in [0, 0.1) is 0 Å². The average molecular weight is 389 g/mol. The zero-order valence-corrected chi connectivity index (χ0v) is 19.2. The maximum absolute atomic E-state index is 2.39. The molecule has 0 aromatic carbocycles. The van der Waals surface area contributed by atoms with Crippen LogP contribution in [0.25, 0.3) is 12.2 Å². The first-order valence-electron chi connectivity index (χ1n) is 11.7. The minimum absolute atomic E-state index is 1.24. The average Bonchev–Trinajstić information content (AvgIpc) is 3.04. The van der Waals surface area contributed by atoms with Crippen molar-refractivity contribution < 1.29 is 0 Å². The molecule has 0 bridgehead atoms. The summed E-state index contributed by atoms with van der Waals surface area (Å²) in [5, 5.41) is 0. The largest absolute Gasteiger partial charge is 0.136 e. The van der Waals surface area contributed by atoms with E-state index in [4.69, 9.17) is 0 Å². The van der Waals surface area contributed by atoms with Gasteiger partial charge in [-0.15, -0.1) is 11.3 Å². The predicted molar refractivity (Wildman–Crippen MR) is 128 cm³/mol. The van der Waals surface area contributed by atoms with Crippen molar-refractivity contribution in [3.05, 3.63) is 33.5 Å². The van der Waals surface area contributed by atoms with E-state index < -0.39 is 0 Å². The third kappa shape index (κ3) is 12.3. The Morgan fingerprint density at radius 3 is 1.63 bits per heavy atom. The molecule has 0 aliphatic carbocycles. The third-order valence-corrected chi connectivity index (χ3v) is 6.42. The number of aryl methyl sites for hydroxylation is 1. The van der Waals surface area contributed by atoms with Crippen molar-refractivity contribution in [1.82, 2.24) is 0 Å². The van der Waals surface area contributed by atoms with Gasteiger partial charge in [-0.1, -0.05) is 103 Å². The van der Waals surface area contributed by atoms with Crippen LogP contribution in [-0.4, -0.2) is 0 Å². The molecule has 1 heteroatoms. The first-order valence-corrected chi connectivity index (χ1v) is 12.5. The predicted octanol–water partition coefficient (Wildman–Crippen LogP) is 9.84. The van der Waals surface area contributed by atoms with Crippen LogP contribution in [0.2, 0.25) is 0 Å². The Morgan fingerprint density at radius 1 is 0.667 bits per heavy atom. The molecule has 1 aromatic rings. The molecule has 1 aromatic heterocycles. The van der Waals surface area contributed by atoms with Gasteiger partial charge in [-0.3, -0.25) is 0 Å². The fourth-order valence-electron chi connectivity index (χ4n) is 3.71. The third-order valence-electron chi connectivity index (χ3n) is 5.31. The molecule has 0 unspecified atom stereocenters. The Bertz CT molecular complexity index is 506. The van der Waals surface area contributed by atoms with Crippen LogP contribution < -0.4 is 0 Å². The maximum atomic E-state index is 2.39. The van der Waals surface area contributed by atoms with Gasteiger partial charge in [-0.2, -0.15) is 0 Å². The lowest BCUT2D eigenvalue weighted by molar-refractivity contribution is 0.535. The Labute approximate surface area is 174 Å². The summed E-state index contributed by atoms with van der Waals surface area (Å²) in [6, 6.07) is 2.39. The zero-order chi connectivity index (χ0) is 19.6. The lowest BCUT2D eigenvalue weighted by Crippen LogP contribution is -1.87. The maximum Gasteiger partial charge on any atom is 0.0305 e. The second-order valence-electron chi connectivity index (χ2n) is 7.88. The van der Waals surface area contributed by atoms with Gasteiger partial charge in [0.05, 0.1) is 0 Å². The molecule has 0 N–H and O–H groups in total. The molecule has 0 fully saturated rings. The SMILES string of the molecule is C/C=C\c1sc(/C=C/C)cc1CCCCCCCCCCCCCCCC. The fraction of sp³-hybridized carbons (Fsp3) is 0.692. The Kier molecular flexibility index (Phi) is 15.5. The Hall–Kier alpha value is -0.820. The van der Waals surface area contributed by atoms with Crippen molar-refractivity contribution in [2.75, 3.05) is 0 Å². The van der Waals surface area contributed by atoms with Crippen LogP contribution in [0.3, 0.4) is 0 Å². The van der Waals surface area contributed by atoms with E-state index in [1.807, 2.05) is 11.3 Å². The standard InChI is InChI=1S/C26H44S/c1-4-7-8-9-10-11-12-13-14-15-16-17-18-19-22-24-23-25(20-5-2)27-26(24)21-6-3/h5-6,20-21,23H,4,7-19,22H2,1-3H3/b20-5+,21-6-. The van der Waals surface area contributed by atoms with Crippen molar-refractivity contribution in [2.45, 2.75) is 117 Å². The van der Waals surface area contributed by atoms with E-state index in [0.717, 1.165) is 0 Å². The number of hydrogen-bond acceptors (Lipinski definition) is 1. The van der Waals surface area contributed by atoms with Gasteiger partial charge in [0.2, 0.25) is 0 Å². The zero-order valence-electron chi connectivity index (χ0n) is 18.4. The highest BCUT2D eigenvalue weighted by Gasteiger charge is 2.05. The van der Waals surface area contributed by atoms with E-state index in [1.165, 1.54) is 106 Å². The highest BCUT2D eigenvalue weighted by atomic mass is 32.1. The van der Waals surface area contributed by atoms with Crippen LogP contribution >= 0.6 is 11.3 Å². The number of rotatable bonds is 17. The van der Waals surface area contributed by atoms with E-state index in [1.54, 1.807) is 5.56 Å². The molecule has 0 nitrogen and oxygen atoms in total. The summed E-state index contributed by atoms with van der Waals surface area (Å²) in [5.74, 6) is 0. The van der Waals surface area contributed by atoms with Gasteiger partial charge in [-0.05, 0) is 50.5 Å². The normalized spacial score (nSPS) is 12.0. The molecule has 0 aliphatic heterocycles. The number of hydrogen-bond donors (Lipinski definition) is 0. The van der Waals surface area contributed by atoms with Crippen molar-refractivity contribution >= 4 is 23.5 Å². The van der Waals surface area contributed by atoms with Crippen LogP contribution in [0.4, 0.5) is 0 Å². The van der Waals surface area contributed by atoms with Gasteiger partial charge in [0, 0.05) is 9.75 Å². The Balaban J connectivity index is 2.00. The first-order chi connectivity index (χ1) is 13.3. The summed E-state index contributed by atoms with van der Waals surface area (Å²) in [7, 11) is 0. The molecule has 154 valence electrons. The van der Waals surface area contributed by atoms with Gasteiger partial charge in [0.1, 0.15) is 0 Å². The summed E-state index contributed by atoms with van der Waals surface area (Å²) in [5.41, 5.74) is 1.55. The van der Waals surface area contributed by atoms with Crippen molar-refractivity contribution in [1.29, 1.82) is 0 Å². The minimum Gasteiger partial charge on any atom is -0.136 e. The quantitative estimate of drug-likeness (QED) is 0.233. The topological polar surface area (TPSA) is 0 Å². The summed E-state index contributed by atoms with van der Waals surface area (Å²) < 4.78 is 0. The highest BCUT2D eigenvalue weighted by Crippen LogP contribution is 2.27. The van der Waals surface area contributed by atoms with Crippen LogP contribution in [-0.2, 0) is 6.42 Å². The van der Waals surface area contributed by atoms with Gasteiger partial charge < -0.3 is 0 Å². The fourth-order valence-corrected chi connectivity index (χ4v) is 4.86. The summed E-state index contributed by atoms with van der Waals surface area (Å²) in [6.45, 7) is 6.51. The van der Waals surface area contributed by atoms with Gasteiger partial charge >= 0.3 is 0 Å². The van der Waals surface area contributed by atoms with Crippen LogP contribution in [0.5, 0.6) is 0 Å². The molecule has 0 saturated carbocycles. The van der Waals surface area contributed by atoms with Gasteiger partial charge in [0.15, 0.2) is 0 Å². The summed E-state index contributed by atoms with van der Waals surface area (Å²) >= 11 is 1.92. The minimum atomic E-state index is 1.24. The van der Waals surface area contributed by atoms with E-state index >= 15 is 0 Å². The van der Waals surface area contributed by atoms with Gasteiger partial charge in [-0.25, -0.2) is 0 Å². The summed E-state index contributed by atoms with van der Waals surface area (Å²) in [4.78, 5) is 2.85. The van der Waals surface area contributed by atoms with Crippen molar-refractivity contribution in [3.63, 3.8) is 0 Å². The van der Waals surface area contributed by atoms with Gasteiger partial charge in [0.25, 0.3) is 0 Å². The summed E-state index contributed by atoms with van der Waals surface area (Å²) in [6.07, 6.45) is 30.1. The number of unbranched alkanes of at least 4 members (excludes halogenated alkanes) is 13. The number of thiophene rings is 1. The Morgan fingerprint density at radius 2 is 1.15 bits per heavy atom. The van der Waals surface area contributed by atoms with E-state index in [0.29, 0.717) is 0 Å². The molecule has 0 amide bonds. The number of allylic oxidation sites excluding steroid dienone is 2. The molecule has 27 heavy (non-hydrogen) atoms. The van der Waals surface area contributed by atoms with E-state index in [-0.39, 0.29) is 0 Å². The van der Waals surface area contributed by atoms with Crippen molar-refractivity contribution in [2.24, 2.45) is 0 Å². The molecule has 1 heterocycles. The molecule has 0 saturated heterocycles. The highest BCUT2D eigenvalue weighted by molar-refractivity contribution is 7.14. The van der Waals surface area contributed by atoms with Crippen molar-refractivity contribution in [3.8, 4) is 0 Å². The molecule has 0 aliphatic rings. The molecular formula is C26H44S. The second kappa shape index (κ2) is 17.3. The molecule has 1 rings (SSSR count). The molecule has 0 radical (unpaired) electrons. The smallest absolute Gasteiger partial charge is 0.0305 e. The van der Waals surface area contributed by atoms with E-state index in [2.05, 4.69) is 51.1 Å². The van der Waals surface area contributed by atoms with E-state index in [9.17, 15) is 0 Å². The molecule has 0 spiro atoms. The lowest BCUT2D eigenvalue weighted by atomic mass is 10.0. The molecule has 0 atom stereocenters. The lowest BCUT2D eigenvalue weighted by Gasteiger charge is -2.03. The van der Waals surface area contributed by atoms with Crippen LogP contribution in [0.1, 0.15) is 126 Å². The first kappa shape index (κ1) is 24.2. The monoisotopic (exact) mass is 388 g/mol. The second-order valence-corrected chi connectivity index (χ2v) is 9.00. The van der Waals surface area contributed by atoms with Crippen LogP contribution in [0.15, 0.2) is 18.2 Å².